The molecule has 0 N–H and O–H groups in total. The van der Waals surface area contributed by atoms with Gasteiger partial charge in [0.2, 0.25) is 0 Å². The molecular formula is C26H28ClN3O. The van der Waals surface area contributed by atoms with Gasteiger partial charge in [-0.2, -0.15) is 0 Å². The molecule has 4 nitrogen and oxygen atoms in total. The Balaban J connectivity index is 1.76. The minimum absolute atomic E-state index is 0.526. The Morgan fingerprint density at radius 1 is 1.00 bits per heavy atom. The highest BCUT2D eigenvalue weighted by atomic mass is 35.5. The topological polar surface area (TPSA) is 30.3 Å². The lowest BCUT2D eigenvalue weighted by molar-refractivity contribution is 0.318. The van der Waals surface area contributed by atoms with Crippen molar-refractivity contribution >= 4 is 22.5 Å². The second-order valence-corrected chi connectivity index (χ2v) is 8.85. The van der Waals surface area contributed by atoms with Crippen LogP contribution in [0.3, 0.4) is 0 Å². The van der Waals surface area contributed by atoms with E-state index in [9.17, 15) is 0 Å². The highest BCUT2D eigenvalue weighted by molar-refractivity contribution is 6.31. The molecule has 1 atom stereocenters. The van der Waals surface area contributed by atoms with E-state index >= 15 is 0 Å². The lowest BCUT2D eigenvalue weighted by Crippen LogP contribution is -2.22. The van der Waals surface area contributed by atoms with Crippen LogP contribution >= 0.6 is 11.6 Å². The molecule has 2 aromatic carbocycles. The molecule has 4 rings (SSSR count). The van der Waals surface area contributed by atoms with E-state index in [4.69, 9.17) is 16.3 Å². The molecule has 0 aliphatic carbocycles. The van der Waals surface area contributed by atoms with Crippen LogP contribution in [0.4, 0.5) is 0 Å². The monoisotopic (exact) mass is 433 g/mol. The van der Waals surface area contributed by atoms with Crippen molar-refractivity contribution in [3.05, 3.63) is 72.1 Å². The van der Waals surface area contributed by atoms with Gasteiger partial charge in [-0.3, -0.25) is 4.98 Å². The molecule has 2 aromatic heterocycles. The summed E-state index contributed by atoms with van der Waals surface area (Å²) >= 11 is 6.37. The summed E-state index contributed by atoms with van der Waals surface area (Å²) in [6, 6.07) is 16.4. The fourth-order valence-electron chi connectivity index (χ4n) is 4.20. The third-order valence-corrected chi connectivity index (χ3v) is 5.74. The lowest BCUT2D eigenvalue weighted by atomic mass is 10.0. The Bertz CT molecular complexity index is 1180. The molecule has 0 aliphatic heterocycles. The number of benzene rings is 2. The highest BCUT2D eigenvalue weighted by Gasteiger charge is 2.14. The summed E-state index contributed by atoms with van der Waals surface area (Å²) in [6.07, 6.45) is 6.06. The fourth-order valence-corrected chi connectivity index (χ4v) is 4.37. The Labute approximate surface area is 189 Å². The quantitative estimate of drug-likeness (QED) is 0.346. The van der Waals surface area contributed by atoms with E-state index in [-0.39, 0.29) is 0 Å². The maximum atomic E-state index is 6.37. The average Bonchev–Trinajstić information content (AvgIpc) is 3.10. The zero-order chi connectivity index (χ0) is 22.0. The van der Waals surface area contributed by atoms with Gasteiger partial charge >= 0.3 is 0 Å². The summed E-state index contributed by atoms with van der Waals surface area (Å²) in [4.78, 5) is 6.77. The number of ether oxygens (including phenoxy) is 1. The minimum atomic E-state index is 0.526. The van der Waals surface area contributed by atoms with Gasteiger partial charge in [-0.05, 0) is 62.0 Å². The molecule has 5 heteroatoms. The molecule has 4 aromatic rings. The van der Waals surface area contributed by atoms with Crippen molar-refractivity contribution in [2.75, 3.05) is 27.7 Å². The number of nitrogens with zero attached hydrogens (tertiary/aromatic N) is 3. The third-order valence-electron chi connectivity index (χ3n) is 5.50. The van der Waals surface area contributed by atoms with Gasteiger partial charge in [-0.25, -0.2) is 0 Å². The summed E-state index contributed by atoms with van der Waals surface area (Å²) < 4.78 is 7.62. The molecule has 31 heavy (non-hydrogen) atoms. The number of methoxy groups -OCH3 is 1. The maximum Gasteiger partial charge on any atom is 0.118 e. The largest absolute Gasteiger partial charge is 0.497 e. The molecule has 0 radical (unpaired) electrons. The number of hydrogen-bond donors (Lipinski definition) is 0. The number of aromatic nitrogens is 2. The van der Waals surface area contributed by atoms with Crippen LogP contribution < -0.4 is 4.74 Å². The van der Waals surface area contributed by atoms with Crippen LogP contribution in [-0.4, -0.2) is 42.2 Å². The number of rotatable bonds is 7. The zero-order valence-corrected chi connectivity index (χ0v) is 19.2. The van der Waals surface area contributed by atoms with Crippen LogP contribution in [-0.2, 0) is 6.54 Å². The van der Waals surface area contributed by atoms with Gasteiger partial charge in [0, 0.05) is 64.3 Å². The summed E-state index contributed by atoms with van der Waals surface area (Å²) in [7, 11) is 5.91. The van der Waals surface area contributed by atoms with Crippen molar-refractivity contribution in [2.45, 2.75) is 13.5 Å². The molecule has 160 valence electrons. The molecular weight excluding hydrogens is 406 g/mol. The van der Waals surface area contributed by atoms with Crippen molar-refractivity contribution in [1.82, 2.24) is 14.5 Å². The summed E-state index contributed by atoms with van der Waals surface area (Å²) in [5.74, 6) is 1.37. The van der Waals surface area contributed by atoms with E-state index in [1.54, 1.807) is 7.11 Å². The van der Waals surface area contributed by atoms with Crippen LogP contribution in [0.2, 0.25) is 5.02 Å². The van der Waals surface area contributed by atoms with Crippen LogP contribution in [0.25, 0.3) is 33.2 Å². The first-order valence-electron chi connectivity index (χ1n) is 10.5. The van der Waals surface area contributed by atoms with E-state index in [0.29, 0.717) is 5.92 Å². The second-order valence-electron chi connectivity index (χ2n) is 8.41. The normalized spacial score (nSPS) is 12.5. The van der Waals surface area contributed by atoms with Crippen molar-refractivity contribution in [2.24, 2.45) is 5.92 Å². The highest BCUT2D eigenvalue weighted by Crippen LogP contribution is 2.34. The fraction of sp³-hybridized carbons (Fsp3) is 0.269. The summed E-state index contributed by atoms with van der Waals surface area (Å²) in [5, 5.41) is 1.89. The Kier molecular flexibility index (Phi) is 6.30. The van der Waals surface area contributed by atoms with E-state index < -0.39 is 0 Å². The maximum absolute atomic E-state index is 6.37. The zero-order valence-electron chi connectivity index (χ0n) is 18.5. The molecule has 0 spiro atoms. The van der Waals surface area contributed by atoms with Crippen molar-refractivity contribution in [3.63, 3.8) is 0 Å². The van der Waals surface area contributed by atoms with Gasteiger partial charge in [-0.1, -0.05) is 30.7 Å². The van der Waals surface area contributed by atoms with Gasteiger partial charge < -0.3 is 14.2 Å². The Hall–Kier alpha value is -2.82. The third kappa shape index (κ3) is 4.76. The number of fused-ring (bicyclic) bond motifs is 1. The van der Waals surface area contributed by atoms with E-state index in [1.807, 2.05) is 30.6 Å². The summed E-state index contributed by atoms with van der Waals surface area (Å²) in [6.45, 7) is 4.27. The summed E-state index contributed by atoms with van der Waals surface area (Å²) in [5.41, 5.74) is 5.61. The molecule has 0 amide bonds. The van der Waals surface area contributed by atoms with Gasteiger partial charge in [0.15, 0.2) is 0 Å². The standard InChI is InChI=1S/C26H28ClN3O/c1-18(15-29(2)3)16-30-17-25(24-12-22(27)7-10-26(24)30)21-11-20(13-28-14-21)19-5-8-23(31-4)9-6-19/h5-14,17-18H,15-16H2,1-4H3. The van der Waals surface area contributed by atoms with Crippen molar-refractivity contribution in [3.8, 4) is 28.0 Å². The Morgan fingerprint density at radius 2 is 1.74 bits per heavy atom. The first kappa shape index (κ1) is 21.4. The lowest BCUT2D eigenvalue weighted by Gasteiger charge is -2.18. The van der Waals surface area contributed by atoms with Crippen molar-refractivity contribution in [1.29, 1.82) is 0 Å². The van der Waals surface area contributed by atoms with Crippen LogP contribution in [0.1, 0.15) is 6.92 Å². The van der Waals surface area contributed by atoms with E-state index in [2.05, 4.69) is 72.0 Å². The molecule has 0 saturated carbocycles. The van der Waals surface area contributed by atoms with Crippen molar-refractivity contribution < 1.29 is 4.74 Å². The molecule has 0 bridgehead atoms. The molecule has 0 aliphatic rings. The molecule has 0 fully saturated rings. The van der Waals surface area contributed by atoms with Crippen LogP contribution in [0, 0.1) is 5.92 Å². The van der Waals surface area contributed by atoms with Gasteiger partial charge in [0.05, 0.1) is 7.11 Å². The smallest absolute Gasteiger partial charge is 0.118 e. The van der Waals surface area contributed by atoms with Crippen LogP contribution in [0.15, 0.2) is 67.1 Å². The number of pyridine rings is 1. The first-order chi connectivity index (χ1) is 14.9. The molecule has 1 unspecified atom stereocenters. The number of halogens is 1. The average molecular weight is 434 g/mol. The molecule has 2 heterocycles. The van der Waals surface area contributed by atoms with Gasteiger partial charge in [0.1, 0.15) is 5.75 Å². The minimum Gasteiger partial charge on any atom is -0.497 e. The Morgan fingerprint density at radius 3 is 2.45 bits per heavy atom. The van der Waals surface area contributed by atoms with E-state index in [1.165, 1.54) is 5.52 Å². The van der Waals surface area contributed by atoms with Crippen LogP contribution in [0.5, 0.6) is 5.75 Å². The SMILES string of the molecule is COc1ccc(-c2cncc(-c3cn(CC(C)CN(C)C)c4ccc(Cl)cc34)c2)cc1. The van der Waals surface area contributed by atoms with Gasteiger partial charge in [0.25, 0.3) is 0 Å². The second kappa shape index (κ2) is 9.13. The first-order valence-corrected chi connectivity index (χ1v) is 10.9. The van der Waals surface area contributed by atoms with E-state index in [0.717, 1.165) is 51.5 Å². The predicted molar refractivity (Wildman–Crippen MR) is 130 cm³/mol. The predicted octanol–water partition coefficient (Wildman–Crippen LogP) is 6.23. The van der Waals surface area contributed by atoms with Gasteiger partial charge in [-0.15, -0.1) is 0 Å². The number of hydrogen-bond acceptors (Lipinski definition) is 3. The molecule has 0 saturated heterocycles.